The average molecular weight is 288 g/mol. The molecule has 0 saturated carbocycles. The number of rotatable bonds is 1. The van der Waals surface area contributed by atoms with Crippen LogP contribution >= 0.6 is 0 Å². The molecule has 1 aromatic heterocycles. The summed E-state index contributed by atoms with van der Waals surface area (Å²) in [4.78, 5) is 11.3. The normalized spacial score (nSPS) is 11.1. The van der Waals surface area contributed by atoms with Gasteiger partial charge < -0.3 is 9.52 Å². The third-order valence-electron chi connectivity index (χ3n) is 3.78. The fourth-order valence-corrected chi connectivity index (χ4v) is 2.65. The van der Waals surface area contributed by atoms with E-state index in [4.69, 9.17) is 4.42 Å². The summed E-state index contributed by atoms with van der Waals surface area (Å²) < 4.78 is 5.24. The summed E-state index contributed by atoms with van der Waals surface area (Å²) in [7, 11) is 0. The van der Waals surface area contributed by atoms with Gasteiger partial charge in [-0.1, -0.05) is 30.3 Å². The van der Waals surface area contributed by atoms with Gasteiger partial charge in [-0.3, -0.25) is 0 Å². The van der Waals surface area contributed by atoms with Crippen LogP contribution in [0.5, 0.6) is 5.75 Å². The Hall–Kier alpha value is -3.07. The van der Waals surface area contributed by atoms with Crippen LogP contribution in [0.4, 0.5) is 0 Å². The maximum absolute atomic E-state index is 11.3. The molecule has 22 heavy (non-hydrogen) atoms. The molecule has 0 amide bonds. The van der Waals surface area contributed by atoms with Crippen LogP contribution < -0.4 is 5.63 Å². The number of fused-ring (bicyclic) bond motifs is 2. The van der Waals surface area contributed by atoms with E-state index in [0.717, 1.165) is 27.3 Å². The number of hydrogen-bond donors (Lipinski definition) is 1. The molecule has 0 bridgehead atoms. The molecule has 1 N–H and O–H groups in total. The van der Waals surface area contributed by atoms with Crippen molar-refractivity contribution in [2.75, 3.05) is 0 Å². The van der Waals surface area contributed by atoms with E-state index in [1.165, 1.54) is 6.07 Å². The summed E-state index contributed by atoms with van der Waals surface area (Å²) in [6, 6.07) is 20.3. The summed E-state index contributed by atoms with van der Waals surface area (Å²) in [6.07, 6.45) is 0. The van der Waals surface area contributed by atoms with Gasteiger partial charge in [0.2, 0.25) is 0 Å². The lowest BCUT2D eigenvalue weighted by Crippen LogP contribution is -1.94. The molecular weight excluding hydrogens is 276 g/mol. The predicted octanol–water partition coefficient (Wildman–Crippen LogP) is 4.32. The largest absolute Gasteiger partial charge is 0.508 e. The van der Waals surface area contributed by atoms with Crippen molar-refractivity contribution >= 4 is 21.7 Å². The van der Waals surface area contributed by atoms with Crippen LogP contribution in [0.1, 0.15) is 0 Å². The molecule has 0 saturated heterocycles. The highest BCUT2D eigenvalue weighted by Crippen LogP contribution is 2.28. The SMILES string of the molecule is O=c1ccc2ccc(-c3ccc4cc(O)ccc4c3)cc2o1. The number of hydrogen-bond acceptors (Lipinski definition) is 3. The van der Waals surface area contributed by atoms with Crippen molar-refractivity contribution in [1.82, 2.24) is 0 Å². The van der Waals surface area contributed by atoms with Gasteiger partial charge >= 0.3 is 5.63 Å². The molecule has 3 nitrogen and oxygen atoms in total. The lowest BCUT2D eigenvalue weighted by Gasteiger charge is -2.06. The van der Waals surface area contributed by atoms with Crippen LogP contribution in [-0.2, 0) is 0 Å². The number of aromatic hydroxyl groups is 1. The topological polar surface area (TPSA) is 50.4 Å². The standard InChI is InChI=1S/C19H12O3/c20-17-7-5-14-9-13(3-4-15(14)10-17)16-2-1-12-6-8-19(21)22-18(12)11-16/h1-11,20H. The Bertz CT molecular complexity index is 1060. The Balaban J connectivity index is 1.90. The van der Waals surface area contributed by atoms with Crippen LogP contribution in [0, 0.1) is 0 Å². The summed E-state index contributed by atoms with van der Waals surface area (Å²) in [5, 5.41) is 12.4. The fraction of sp³-hybridized carbons (Fsp3) is 0. The van der Waals surface area contributed by atoms with Gasteiger partial charge in [0.1, 0.15) is 11.3 Å². The highest BCUT2D eigenvalue weighted by atomic mass is 16.4. The van der Waals surface area contributed by atoms with E-state index < -0.39 is 0 Å². The van der Waals surface area contributed by atoms with Crippen LogP contribution in [-0.4, -0.2) is 5.11 Å². The molecule has 0 atom stereocenters. The van der Waals surface area contributed by atoms with Crippen LogP contribution in [0.3, 0.4) is 0 Å². The maximum atomic E-state index is 11.3. The quantitative estimate of drug-likeness (QED) is 0.531. The molecule has 0 aliphatic rings. The van der Waals surface area contributed by atoms with E-state index in [2.05, 4.69) is 6.07 Å². The van der Waals surface area contributed by atoms with Crippen molar-refractivity contribution in [2.24, 2.45) is 0 Å². The second-order valence-corrected chi connectivity index (χ2v) is 5.25. The third kappa shape index (κ3) is 2.13. The van der Waals surface area contributed by atoms with Crippen LogP contribution in [0.15, 0.2) is 75.9 Å². The zero-order valence-corrected chi connectivity index (χ0v) is 11.6. The van der Waals surface area contributed by atoms with Gasteiger partial charge in [-0.25, -0.2) is 4.79 Å². The Labute approximate surface area is 126 Å². The Morgan fingerprint density at radius 1 is 0.682 bits per heavy atom. The summed E-state index contributed by atoms with van der Waals surface area (Å²) in [5.41, 5.74) is 2.25. The average Bonchev–Trinajstić information content (AvgIpc) is 2.53. The number of phenolic OH excluding ortho intramolecular Hbond substituents is 1. The summed E-state index contributed by atoms with van der Waals surface area (Å²) in [6.45, 7) is 0. The second kappa shape index (κ2) is 4.74. The molecule has 106 valence electrons. The van der Waals surface area contributed by atoms with E-state index in [1.807, 2.05) is 36.4 Å². The van der Waals surface area contributed by atoms with Crippen LogP contribution in [0.25, 0.3) is 32.9 Å². The Morgan fingerprint density at radius 3 is 2.18 bits per heavy atom. The minimum absolute atomic E-state index is 0.257. The molecule has 0 aliphatic carbocycles. The van der Waals surface area contributed by atoms with Gasteiger partial charge in [0.15, 0.2) is 0 Å². The molecule has 0 unspecified atom stereocenters. The zero-order valence-electron chi connectivity index (χ0n) is 11.6. The number of benzene rings is 3. The van der Waals surface area contributed by atoms with Gasteiger partial charge in [0.25, 0.3) is 0 Å². The van der Waals surface area contributed by atoms with Crippen LogP contribution in [0.2, 0.25) is 0 Å². The predicted molar refractivity (Wildman–Crippen MR) is 87.1 cm³/mol. The molecule has 0 fully saturated rings. The maximum Gasteiger partial charge on any atom is 0.336 e. The van der Waals surface area contributed by atoms with Gasteiger partial charge in [-0.15, -0.1) is 0 Å². The fourth-order valence-electron chi connectivity index (χ4n) is 2.65. The summed E-state index contributed by atoms with van der Waals surface area (Å²) in [5.74, 6) is 0.257. The first-order valence-electron chi connectivity index (χ1n) is 6.96. The van der Waals surface area contributed by atoms with Crippen molar-refractivity contribution < 1.29 is 9.52 Å². The third-order valence-corrected chi connectivity index (χ3v) is 3.78. The molecular formula is C19H12O3. The molecule has 4 rings (SSSR count). The first-order valence-corrected chi connectivity index (χ1v) is 6.96. The summed E-state index contributed by atoms with van der Waals surface area (Å²) >= 11 is 0. The molecule has 0 spiro atoms. The van der Waals surface area contributed by atoms with Crippen molar-refractivity contribution in [2.45, 2.75) is 0 Å². The number of phenols is 1. The van der Waals surface area contributed by atoms with E-state index in [-0.39, 0.29) is 11.4 Å². The molecule has 1 heterocycles. The van der Waals surface area contributed by atoms with Gasteiger partial charge in [0.05, 0.1) is 0 Å². The van der Waals surface area contributed by atoms with Gasteiger partial charge in [0, 0.05) is 11.5 Å². The van der Waals surface area contributed by atoms with E-state index in [9.17, 15) is 9.90 Å². The van der Waals surface area contributed by atoms with E-state index in [0.29, 0.717) is 5.58 Å². The second-order valence-electron chi connectivity index (χ2n) is 5.25. The molecule has 4 aromatic rings. The monoisotopic (exact) mass is 288 g/mol. The van der Waals surface area contributed by atoms with Crippen molar-refractivity contribution in [3.05, 3.63) is 77.2 Å². The van der Waals surface area contributed by atoms with E-state index >= 15 is 0 Å². The Kier molecular flexibility index (Phi) is 2.73. The van der Waals surface area contributed by atoms with Crippen molar-refractivity contribution in [3.63, 3.8) is 0 Å². The van der Waals surface area contributed by atoms with Crippen molar-refractivity contribution in [3.8, 4) is 16.9 Å². The van der Waals surface area contributed by atoms with Gasteiger partial charge in [-0.05, 0) is 52.2 Å². The van der Waals surface area contributed by atoms with Gasteiger partial charge in [-0.2, -0.15) is 0 Å². The zero-order chi connectivity index (χ0) is 15.1. The molecule has 0 radical (unpaired) electrons. The minimum Gasteiger partial charge on any atom is -0.508 e. The lowest BCUT2D eigenvalue weighted by atomic mass is 10.0. The lowest BCUT2D eigenvalue weighted by molar-refractivity contribution is 0.476. The van der Waals surface area contributed by atoms with E-state index in [1.54, 1.807) is 18.2 Å². The first kappa shape index (κ1) is 12.7. The first-order chi connectivity index (χ1) is 10.7. The highest BCUT2D eigenvalue weighted by molar-refractivity contribution is 5.90. The smallest absolute Gasteiger partial charge is 0.336 e. The molecule has 3 aromatic carbocycles. The molecule has 0 aliphatic heterocycles. The molecule has 3 heteroatoms. The van der Waals surface area contributed by atoms with Crippen molar-refractivity contribution in [1.29, 1.82) is 0 Å². The highest BCUT2D eigenvalue weighted by Gasteiger charge is 2.04. The minimum atomic E-state index is -0.348. The Morgan fingerprint density at radius 2 is 1.32 bits per heavy atom.